The summed E-state index contributed by atoms with van der Waals surface area (Å²) < 4.78 is 17.9. The minimum atomic E-state index is -0.785. The second kappa shape index (κ2) is 3.49. The lowest BCUT2D eigenvalue weighted by Gasteiger charge is -2.07. The Hall–Kier alpha value is -0.480. The maximum absolute atomic E-state index is 12.7. The quantitative estimate of drug-likeness (QED) is 0.836. The highest BCUT2D eigenvalue weighted by Crippen LogP contribution is 2.40. The van der Waals surface area contributed by atoms with Crippen molar-refractivity contribution in [1.29, 1.82) is 0 Å². The third-order valence-electron chi connectivity index (χ3n) is 1.31. The molecule has 0 radical (unpaired) electrons. The van der Waals surface area contributed by atoms with Crippen LogP contribution >= 0.6 is 27.5 Å². The summed E-state index contributed by atoms with van der Waals surface area (Å²) in [7, 11) is 1.38. The molecular formula is C7H5BrClFO2. The Kier molecular flexibility index (Phi) is 2.80. The molecule has 0 aliphatic carbocycles. The zero-order chi connectivity index (χ0) is 9.30. The van der Waals surface area contributed by atoms with Crippen LogP contribution in [0.2, 0.25) is 5.02 Å². The number of aromatic hydroxyl groups is 1. The van der Waals surface area contributed by atoms with E-state index in [1.165, 1.54) is 7.11 Å². The monoisotopic (exact) mass is 254 g/mol. The van der Waals surface area contributed by atoms with Gasteiger partial charge < -0.3 is 9.84 Å². The Morgan fingerprint density at radius 2 is 2.25 bits per heavy atom. The van der Waals surface area contributed by atoms with Crippen molar-refractivity contribution in [1.82, 2.24) is 0 Å². The number of rotatable bonds is 1. The fourth-order valence-electron chi connectivity index (χ4n) is 0.749. The Labute approximate surface area is 82.0 Å². The summed E-state index contributed by atoms with van der Waals surface area (Å²) in [6.07, 6.45) is 0. The first-order valence-electron chi connectivity index (χ1n) is 2.98. The summed E-state index contributed by atoms with van der Waals surface area (Å²) >= 11 is 8.59. The molecule has 0 bridgehead atoms. The largest absolute Gasteiger partial charge is 0.504 e. The predicted octanol–water partition coefficient (Wildman–Crippen LogP) is 2.96. The van der Waals surface area contributed by atoms with E-state index < -0.39 is 11.6 Å². The molecule has 1 aromatic carbocycles. The summed E-state index contributed by atoms with van der Waals surface area (Å²) in [4.78, 5) is 0. The van der Waals surface area contributed by atoms with E-state index in [2.05, 4.69) is 15.9 Å². The number of phenolic OH excluding ortho intramolecular Hbond substituents is 1. The molecule has 0 saturated heterocycles. The molecule has 5 heteroatoms. The first-order valence-corrected chi connectivity index (χ1v) is 4.15. The molecule has 0 atom stereocenters. The number of halogens is 3. The number of methoxy groups -OCH3 is 1. The average molecular weight is 255 g/mol. The van der Waals surface area contributed by atoms with Crippen molar-refractivity contribution in [2.24, 2.45) is 0 Å². The van der Waals surface area contributed by atoms with Gasteiger partial charge in [0.05, 0.1) is 11.6 Å². The SMILES string of the molecule is COc1c(Br)cc(F)c(O)c1Cl. The maximum Gasteiger partial charge on any atom is 0.174 e. The Balaban J connectivity index is 3.40. The van der Waals surface area contributed by atoms with Crippen LogP contribution in [0.4, 0.5) is 4.39 Å². The molecule has 0 amide bonds. The third-order valence-corrected chi connectivity index (χ3v) is 2.25. The number of ether oxygens (including phenoxy) is 1. The normalized spacial score (nSPS) is 10.0. The molecule has 2 nitrogen and oxygen atoms in total. The van der Waals surface area contributed by atoms with Gasteiger partial charge in [0.25, 0.3) is 0 Å². The molecule has 1 N–H and O–H groups in total. The number of phenols is 1. The standard InChI is InChI=1S/C7H5BrClFO2/c1-12-7-3(8)2-4(10)6(11)5(7)9/h2,11H,1H3. The molecule has 1 aromatic rings. The molecule has 0 heterocycles. The lowest BCUT2D eigenvalue weighted by molar-refractivity contribution is 0.395. The van der Waals surface area contributed by atoms with Crippen molar-refractivity contribution in [3.63, 3.8) is 0 Å². The maximum atomic E-state index is 12.7. The first-order chi connectivity index (χ1) is 5.57. The Bertz CT molecular complexity index is 317. The van der Waals surface area contributed by atoms with Gasteiger partial charge in [0.1, 0.15) is 5.02 Å². The van der Waals surface area contributed by atoms with E-state index >= 15 is 0 Å². The molecule has 0 fully saturated rings. The lowest BCUT2D eigenvalue weighted by atomic mass is 10.3. The topological polar surface area (TPSA) is 29.5 Å². The van der Waals surface area contributed by atoms with E-state index in [4.69, 9.17) is 21.4 Å². The van der Waals surface area contributed by atoms with Crippen LogP contribution in [-0.2, 0) is 0 Å². The van der Waals surface area contributed by atoms with Gasteiger partial charge in [-0.3, -0.25) is 0 Å². The molecule has 0 aromatic heterocycles. The van der Waals surface area contributed by atoms with Gasteiger partial charge in [-0.1, -0.05) is 11.6 Å². The van der Waals surface area contributed by atoms with Crippen LogP contribution in [0, 0.1) is 5.82 Å². The van der Waals surface area contributed by atoms with Gasteiger partial charge >= 0.3 is 0 Å². The van der Waals surface area contributed by atoms with Crippen molar-refractivity contribution in [2.75, 3.05) is 7.11 Å². The molecule has 0 aliphatic heterocycles. The van der Waals surface area contributed by atoms with Gasteiger partial charge in [-0.2, -0.15) is 0 Å². The highest BCUT2D eigenvalue weighted by atomic mass is 79.9. The number of hydrogen-bond acceptors (Lipinski definition) is 2. The van der Waals surface area contributed by atoms with Crippen LogP contribution in [0.15, 0.2) is 10.5 Å². The second-order valence-corrected chi connectivity index (χ2v) is 3.27. The van der Waals surface area contributed by atoms with Gasteiger partial charge in [-0.05, 0) is 22.0 Å². The van der Waals surface area contributed by atoms with Gasteiger partial charge in [0.2, 0.25) is 0 Å². The van der Waals surface area contributed by atoms with Crippen LogP contribution in [0.25, 0.3) is 0 Å². The van der Waals surface area contributed by atoms with Crippen LogP contribution < -0.4 is 4.74 Å². The van der Waals surface area contributed by atoms with E-state index in [1.807, 2.05) is 0 Å². The Morgan fingerprint density at radius 1 is 1.67 bits per heavy atom. The van der Waals surface area contributed by atoms with Gasteiger partial charge in [-0.15, -0.1) is 0 Å². The summed E-state index contributed by atoms with van der Waals surface area (Å²) in [6, 6.07) is 1.08. The minimum Gasteiger partial charge on any atom is -0.504 e. The summed E-state index contributed by atoms with van der Waals surface area (Å²) in [5, 5.41) is 8.90. The summed E-state index contributed by atoms with van der Waals surface area (Å²) in [6.45, 7) is 0. The molecule has 66 valence electrons. The van der Waals surface area contributed by atoms with Crippen molar-refractivity contribution in [2.45, 2.75) is 0 Å². The van der Waals surface area contributed by atoms with E-state index in [0.717, 1.165) is 6.07 Å². The zero-order valence-corrected chi connectivity index (χ0v) is 8.41. The van der Waals surface area contributed by atoms with E-state index in [0.29, 0.717) is 4.47 Å². The molecule has 1 rings (SSSR count). The first kappa shape index (κ1) is 9.61. The molecular weight excluding hydrogens is 250 g/mol. The predicted molar refractivity (Wildman–Crippen MR) is 47.3 cm³/mol. The van der Waals surface area contributed by atoms with Gasteiger partial charge in [0, 0.05) is 0 Å². The van der Waals surface area contributed by atoms with Crippen LogP contribution in [0.3, 0.4) is 0 Å². The highest BCUT2D eigenvalue weighted by Gasteiger charge is 2.15. The fourth-order valence-corrected chi connectivity index (χ4v) is 1.69. The van der Waals surface area contributed by atoms with Crippen molar-refractivity contribution < 1.29 is 14.2 Å². The van der Waals surface area contributed by atoms with E-state index in [9.17, 15) is 4.39 Å². The van der Waals surface area contributed by atoms with Crippen LogP contribution in [0.1, 0.15) is 0 Å². The Morgan fingerprint density at radius 3 is 2.75 bits per heavy atom. The molecule has 0 aliphatic rings. The van der Waals surface area contributed by atoms with Gasteiger partial charge in [-0.25, -0.2) is 4.39 Å². The van der Waals surface area contributed by atoms with E-state index in [-0.39, 0.29) is 10.8 Å². The molecule has 0 saturated carbocycles. The van der Waals surface area contributed by atoms with Crippen LogP contribution in [-0.4, -0.2) is 12.2 Å². The number of hydrogen-bond donors (Lipinski definition) is 1. The highest BCUT2D eigenvalue weighted by molar-refractivity contribution is 9.10. The van der Waals surface area contributed by atoms with E-state index in [1.54, 1.807) is 0 Å². The zero-order valence-electron chi connectivity index (χ0n) is 6.07. The molecule has 12 heavy (non-hydrogen) atoms. The summed E-state index contributed by atoms with van der Waals surface area (Å²) in [5.41, 5.74) is 0. The fraction of sp³-hybridized carbons (Fsp3) is 0.143. The smallest absolute Gasteiger partial charge is 0.174 e. The average Bonchev–Trinajstić information content (AvgIpc) is 2.01. The van der Waals surface area contributed by atoms with Crippen LogP contribution in [0.5, 0.6) is 11.5 Å². The van der Waals surface area contributed by atoms with Crippen molar-refractivity contribution >= 4 is 27.5 Å². The number of benzene rings is 1. The van der Waals surface area contributed by atoms with Crippen molar-refractivity contribution in [3.05, 3.63) is 21.4 Å². The van der Waals surface area contributed by atoms with Crippen molar-refractivity contribution in [3.8, 4) is 11.5 Å². The lowest BCUT2D eigenvalue weighted by Crippen LogP contribution is -1.88. The molecule has 0 spiro atoms. The van der Waals surface area contributed by atoms with Gasteiger partial charge in [0.15, 0.2) is 17.3 Å². The third kappa shape index (κ3) is 1.49. The minimum absolute atomic E-state index is 0.135. The second-order valence-electron chi connectivity index (χ2n) is 2.04. The molecule has 0 unspecified atom stereocenters. The summed E-state index contributed by atoms with van der Waals surface area (Å²) in [5.74, 6) is -1.17.